The molecular formula is C9H13N3. The van der Waals surface area contributed by atoms with Gasteiger partial charge >= 0.3 is 0 Å². The van der Waals surface area contributed by atoms with Gasteiger partial charge in [-0.3, -0.25) is 0 Å². The number of nitrogens with two attached hydrogens (primary N) is 1. The summed E-state index contributed by atoms with van der Waals surface area (Å²) in [6.45, 7) is 2.24. The maximum atomic E-state index is 5.46. The first kappa shape index (κ1) is 7.40. The van der Waals surface area contributed by atoms with Gasteiger partial charge in [0.1, 0.15) is 5.82 Å². The molecule has 0 bridgehead atoms. The van der Waals surface area contributed by atoms with Crippen molar-refractivity contribution in [3.05, 3.63) is 18.3 Å². The van der Waals surface area contributed by atoms with Gasteiger partial charge < -0.3 is 11.1 Å². The lowest BCUT2D eigenvalue weighted by molar-refractivity contribution is 0.928. The Morgan fingerprint density at radius 2 is 2.33 bits per heavy atom. The van der Waals surface area contributed by atoms with Crippen LogP contribution in [-0.2, 0) is 0 Å². The lowest BCUT2D eigenvalue weighted by Crippen LogP contribution is -2.03. The molecule has 1 aliphatic rings. The van der Waals surface area contributed by atoms with Crippen LogP contribution in [0.4, 0.5) is 11.5 Å². The second-order valence-corrected chi connectivity index (χ2v) is 3.44. The Balaban J connectivity index is 2.00. The van der Waals surface area contributed by atoms with Crippen LogP contribution in [0.1, 0.15) is 13.3 Å². The minimum absolute atomic E-state index is 0.574. The summed E-state index contributed by atoms with van der Waals surface area (Å²) < 4.78 is 0. The largest absolute Gasteiger partial charge is 0.384 e. The molecule has 1 heterocycles. The monoisotopic (exact) mass is 163 g/mol. The molecule has 1 aromatic heterocycles. The molecule has 3 N–H and O–H groups in total. The van der Waals surface area contributed by atoms with Crippen LogP contribution >= 0.6 is 0 Å². The first-order valence-electron chi connectivity index (χ1n) is 4.24. The van der Waals surface area contributed by atoms with Gasteiger partial charge in [0.15, 0.2) is 0 Å². The number of rotatable bonds is 2. The van der Waals surface area contributed by atoms with Gasteiger partial charge in [-0.05, 0) is 24.5 Å². The standard InChI is InChI=1S/C9H13N3/c1-6-4-8(6)12-7-2-3-9(10)11-5-7/h2-3,5-6,8,12H,4H2,1H3,(H2,10,11). The van der Waals surface area contributed by atoms with Crippen LogP contribution in [0.5, 0.6) is 0 Å². The van der Waals surface area contributed by atoms with Crippen molar-refractivity contribution in [3.8, 4) is 0 Å². The molecule has 0 aliphatic heterocycles. The van der Waals surface area contributed by atoms with E-state index in [1.54, 1.807) is 6.20 Å². The fourth-order valence-corrected chi connectivity index (χ4v) is 1.23. The summed E-state index contributed by atoms with van der Waals surface area (Å²) >= 11 is 0. The van der Waals surface area contributed by atoms with Crippen LogP contribution in [0.25, 0.3) is 0 Å². The van der Waals surface area contributed by atoms with Gasteiger partial charge in [0, 0.05) is 6.04 Å². The van der Waals surface area contributed by atoms with Gasteiger partial charge in [-0.15, -0.1) is 0 Å². The number of nitrogen functional groups attached to an aromatic ring is 1. The zero-order valence-electron chi connectivity index (χ0n) is 7.12. The van der Waals surface area contributed by atoms with Gasteiger partial charge in [0.25, 0.3) is 0 Å². The summed E-state index contributed by atoms with van der Waals surface area (Å²) in [5.74, 6) is 1.38. The predicted octanol–water partition coefficient (Wildman–Crippen LogP) is 1.48. The Bertz CT molecular complexity index is 268. The average molecular weight is 163 g/mol. The Morgan fingerprint density at radius 3 is 2.83 bits per heavy atom. The molecule has 12 heavy (non-hydrogen) atoms. The van der Waals surface area contributed by atoms with Gasteiger partial charge in [-0.25, -0.2) is 4.98 Å². The second-order valence-electron chi connectivity index (χ2n) is 3.44. The van der Waals surface area contributed by atoms with Crippen LogP contribution in [0.3, 0.4) is 0 Å². The third-order valence-corrected chi connectivity index (χ3v) is 2.25. The maximum Gasteiger partial charge on any atom is 0.123 e. The van der Waals surface area contributed by atoms with Gasteiger partial charge in [0.05, 0.1) is 11.9 Å². The minimum atomic E-state index is 0.574. The highest BCUT2D eigenvalue weighted by atomic mass is 15.0. The van der Waals surface area contributed by atoms with E-state index in [0.29, 0.717) is 11.9 Å². The SMILES string of the molecule is CC1CC1Nc1ccc(N)nc1. The normalized spacial score (nSPS) is 26.8. The highest BCUT2D eigenvalue weighted by molar-refractivity contribution is 5.47. The molecule has 0 saturated heterocycles. The van der Waals surface area contributed by atoms with E-state index in [9.17, 15) is 0 Å². The van der Waals surface area contributed by atoms with E-state index < -0.39 is 0 Å². The first-order valence-corrected chi connectivity index (χ1v) is 4.24. The van der Waals surface area contributed by atoms with Crippen molar-refractivity contribution in [2.24, 2.45) is 5.92 Å². The van der Waals surface area contributed by atoms with Crippen molar-refractivity contribution in [3.63, 3.8) is 0 Å². The van der Waals surface area contributed by atoms with E-state index in [-0.39, 0.29) is 0 Å². The molecule has 2 rings (SSSR count). The van der Waals surface area contributed by atoms with Gasteiger partial charge in [-0.1, -0.05) is 6.92 Å². The minimum Gasteiger partial charge on any atom is -0.384 e. The van der Waals surface area contributed by atoms with E-state index >= 15 is 0 Å². The molecule has 2 unspecified atom stereocenters. The Kier molecular flexibility index (Phi) is 1.64. The summed E-state index contributed by atoms with van der Waals surface area (Å²) in [7, 11) is 0. The topological polar surface area (TPSA) is 50.9 Å². The van der Waals surface area contributed by atoms with Crippen LogP contribution in [0, 0.1) is 5.92 Å². The quantitative estimate of drug-likeness (QED) is 0.694. The molecule has 3 heteroatoms. The number of pyridine rings is 1. The lowest BCUT2D eigenvalue weighted by Gasteiger charge is -2.03. The van der Waals surface area contributed by atoms with Crippen molar-refractivity contribution in [1.82, 2.24) is 4.98 Å². The van der Waals surface area contributed by atoms with E-state index in [1.165, 1.54) is 6.42 Å². The molecule has 3 nitrogen and oxygen atoms in total. The van der Waals surface area contributed by atoms with E-state index in [0.717, 1.165) is 11.6 Å². The number of hydrogen-bond acceptors (Lipinski definition) is 3. The van der Waals surface area contributed by atoms with Crippen molar-refractivity contribution in [2.75, 3.05) is 11.1 Å². The number of aromatic nitrogens is 1. The molecule has 0 radical (unpaired) electrons. The fourth-order valence-electron chi connectivity index (χ4n) is 1.23. The van der Waals surface area contributed by atoms with E-state index in [2.05, 4.69) is 17.2 Å². The summed E-state index contributed by atoms with van der Waals surface area (Å²) in [5.41, 5.74) is 6.53. The van der Waals surface area contributed by atoms with Crippen molar-refractivity contribution in [1.29, 1.82) is 0 Å². The molecule has 0 aromatic carbocycles. The van der Waals surface area contributed by atoms with Gasteiger partial charge in [0.2, 0.25) is 0 Å². The maximum absolute atomic E-state index is 5.46. The Hall–Kier alpha value is -1.25. The van der Waals surface area contributed by atoms with Crippen molar-refractivity contribution >= 4 is 11.5 Å². The molecular weight excluding hydrogens is 150 g/mol. The first-order chi connectivity index (χ1) is 5.75. The second kappa shape index (κ2) is 2.66. The summed E-state index contributed by atoms with van der Waals surface area (Å²) in [6, 6.07) is 4.43. The molecule has 0 spiro atoms. The van der Waals surface area contributed by atoms with Crippen LogP contribution in [-0.4, -0.2) is 11.0 Å². The smallest absolute Gasteiger partial charge is 0.123 e. The van der Waals surface area contributed by atoms with Crippen LogP contribution in [0.2, 0.25) is 0 Å². The Labute approximate surface area is 72.0 Å². The van der Waals surface area contributed by atoms with E-state index in [4.69, 9.17) is 5.73 Å². The third-order valence-electron chi connectivity index (χ3n) is 2.25. The number of anilines is 2. The molecule has 2 atom stereocenters. The zero-order chi connectivity index (χ0) is 8.55. The highest BCUT2D eigenvalue weighted by Crippen LogP contribution is 2.32. The Morgan fingerprint density at radius 1 is 1.58 bits per heavy atom. The van der Waals surface area contributed by atoms with Gasteiger partial charge in [-0.2, -0.15) is 0 Å². The third kappa shape index (κ3) is 1.49. The van der Waals surface area contributed by atoms with Crippen LogP contribution < -0.4 is 11.1 Å². The molecule has 1 saturated carbocycles. The fraction of sp³-hybridized carbons (Fsp3) is 0.444. The summed E-state index contributed by atoms with van der Waals surface area (Å²) in [6.07, 6.45) is 3.05. The highest BCUT2D eigenvalue weighted by Gasteiger charge is 2.32. The molecule has 0 amide bonds. The number of nitrogens with zero attached hydrogens (tertiary/aromatic N) is 1. The number of nitrogens with one attached hydrogen (secondary N) is 1. The lowest BCUT2D eigenvalue weighted by atomic mass is 10.4. The predicted molar refractivity (Wildman–Crippen MR) is 49.8 cm³/mol. The van der Waals surface area contributed by atoms with Crippen LogP contribution in [0.15, 0.2) is 18.3 Å². The van der Waals surface area contributed by atoms with E-state index in [1.807, 2.05) is 12.1 Å². The van der Waals surface area contributed by atoms with Crippen molar-refractivity contribution in [2.45, 2.75) is 19.4 Å². The number of hydrogen-bond donors (Lipinski definition) is 2. The summed E-state index contributed by atoms with van der Waals surface area (Å²) in [4.78, 5) is 4.00. The summed E-state index contributed by atoms with van der Waals surface area (Å²) in [5, 5.41) is 3.37. The zero-order valence-corrected chi connectivity index (χ0v) is 7.12. The molecule has 1 fully saturated rings. The average Bonchev–Trinajstić information content (AvgIpc) is 2.72. The molecule has 64 valence electrons. The molecule has 1 aromatic rings. The van der Waals surface area contributed by atoms with Crippen molar-refractivity contribution < 1.29 is 0 Å². The molecule has 1 aliphatic carbocycles.